The topological polar surface area (TPSA) is 23.9 Å². The van der Waals surface area contributed by atoms with Crippen LogP contribution < -0.4 is 0 Å². The van der Waals surface area contributed by atoms with Gasteiger partial charge in [-0.25, -0.2) is 0 Å². The van der Waals surface area contributed by atoms with Crippen molar-refractivity contribution in [3.05, 3.63) is 41.0 Å². The van der Waals surface area contributed by atoms with Gasteiger partial charge in [0.05, 0.1) is 0 Å². The van der Waals surface area contributed by atoms with E-state index in [0.717, 1.165) is 18.4 Å². The van der Waals surface area contributed by atoms with Crippen LogP contribution in [0.15, 0.2) is 24.3 Å². The Balaban J connectivity index is 2.51. The van der Waals surface area contributed by atoms with Gasteiger partial charge in [-0.05, 0) is 35.6 Å². The lowest BCUT2D eigenvalue weighted by Gasteiger charge is -2.09. The number of allylic oxidation sites excluding steroid dienone is 1. The van der Waals surface area contributed by atoms with Crippen molar-refractivity contribution in [2.24, 2.45) is 0 Å². The standard InChI is InChI=1S/C11H11N/c12-8-9-5-6-10-3-1-2-4-11(10)7-9/h2,4-8,12H,1,3H2. The molecule has 0 unspecified atom stereocenters. The molecule has 0 bridgehead atoms. The van der Waals surface area contributed by atoms with Crippen molar-refractivity contribution in [3.63, 3.8) is 0 Å². The van der Waals surface area contributed by atoms with Gasteiger partial charge in [0, 0.05) is 6.21 Å². The molecule has 60 valence electrons. The summed E-state index contributed by atoms with van der Waals surface area (Å²) >= 11 is 0. The van der Waals surface area contributed by atoms with Crippen LogP contribution in [0.4, 0.5) is 0 Å². The normalized spacial score (nSPS) is 14.0. The van der Waals surface area contributed by atoms with E-state index >= 15 is 0 Å². The third kappa shape index (κ3) is 1.18. The average molecular weight is 157 g/mol. The summed E-state index contributed by atoms with van der Waals surface area (Å²) < 4.78 is 0. The Kier molecular flexibility index (Phi) is 1.78. The van der Waals surface area contributed by atoms with Crippen molar-refractivity contribution in [1.29, 1.82) is 5.41 Å². The van der Waals surface area contributed by atoms with Gasteiger partial charge < -0.3 is 5.41 Å². The zero-order chi connectivity index (χ0) is 8.39. The minimum absolute atomic E-state index is 0.986. The fourth-order valence-electron chi connectivity index (χ4n) is 1.54. The molecule has 0 atom stereocenters. The Hall–Kier alpha value is -1.37. The highest BCUT2D eigenvalue weighted by Crippen LogP contribution is 2.19. The lowest BCUT2D eigenvalue weighted by molar-refractivity contribution is 0.985. The molecule has 1 aromatic rings. The highest BCUT2D eigenvalue weighted by Gasteiger charge is 2.03. The Morgan fingerprint density at radius 2 is 2.25 bits per heavy atom. The van der Waals surface area contributed by atoms with Gasteiger partial charge in [-0.2, -0.15) is 0 Å². The number of hydrogen-bond donors (Lipinski definition) is 1. The van der Waals surface area contributed by atoms with E-state index in [2.05, 4.69) is 24.3 Å². The molecule has 0 radical (unpaired) electrons. The summed E-state index contributed by atoms with van der Waals surface area (Å²) in [5.74, 6) is 0. The van der Waals surface area contributed by atoms with Crippen molar-refractivity contribution >= 4 is 12.3 Å². The highest BCUT2D eigenvalue weighted by atomic mass is 14.3. The molecular weight excluding hydrogens is 146 g/mol. The summed E-state index contributed by atoms with van der Waals surface area (Å²) in [7, 11) is 0. The van der Waals surface area contributed by atoms with Gasteiger partial charge in [-0.15, -0.1) is 0 Å². The summed E-state index contributed by atoms with van der Waals surface area (Å²) in [5, 5.41) is 7.11. The van der Waals surface area contributed by atoms with Gasteiger partial charge in [-0.1, -0.05) is 24.3 Å². The number of fused-ring (bicyclic) bond motifs is 1. The van der Waals surface area contributed by atoms with E-state index in [9.17, 15) is 0 Å². The smallest absolute Gasteiger partial charge is 0.0250 e. The number of rotatable bonds is 1. The van der Waals surface area contributed by atoms with Gasteiger partial charge in [-0.3, -0.25) is 0 Å². The second kappa shape index (κ2) is 2.94. The van der Waals surface area contributed by atoms with Gasteiger partial charge in [0.25, 0.3) is 0 Å². The predicted molar refractivity (Wildman–Crippen MR) is 51.7 cm³/mol. The van der Waals surface area contributed by atoms with E-state index < -0.39 is 0 Å². The number of aryl methyl sites for hydroxylation is 1. The molecule has 0 saturated carbocycles. The van der Waals surface area contributed by atoms with Gasteiger partial charge >= 0.3 is 0 Å². The van der Waals surface area contributed by atoms with Gasteiger partial charge in [0.2, 0.25) is 0 Å². The maximum Gasteiger partial charge on any atom is 0.0250 e. The zero-order valence-corrected chi connectivity index (χ0v) is 6.88. The second-order valence-electron chi connectivity index (χ2n) is 3.04. The van der Waals surface area contributed by atoms with Crippen LogP contribution in [-0.4, -0.2) is 6.21 Å². The molecular formula is C11H11N. The van der Waals surface area contributed by atoms with E-state index in [1.807, 2.05) is 6.07 Å². The monoisotopic (exact) mass is 157 g/mol. The maximum absolute atomic E-state index is 7.11. The van der Waals surface area contributed by atoms with Crippen molar-refractivity contribution in [2.45, 2.75) is 12.8 Å². The molecule has 0 fully saturated rings. The summed E-state index contributed by atoms with van der Waals surface area (Å²) in [4.78, 5) is 0. The zero-order valence-electron chi connectivity index (χ0n) is 6.88. The third-order valence-corrected chi connectivity index (χ3v) is 2.21. The molecule has 0 saturated heterocycles. The van der Waals surface area contributed by atoms with Crippen molar-refractivity contribution in [2.75, 3.05) is 0 Å². The van der Waals surface area contributed by atoms with Crippen LogP contribution in [0.5, 0.6) is 0 Å². The summed E-state index contributed by atoms with van der Waals surface area (Å²) in [6.45, 7) is 0. The van der Waals surface area contributed by atoms with Crippen LogP contribution in [0.1, 0.15) is 23.1 Å². The van der Waals surface area contributed by atoms with E-state index in [1.54, 1.807) is 0 Å². The molecule has 1 heteroatoms. The molecule has 0 aromatic heterocycles. The van der Waals surface area contributed by atoms with E-state index in [4.69, 9.17) is 5.41 Å². The molecule has 0 amide bonds. The Morgan fingerprint density at radius 1 is 1.33 bits per heavy atom. The third-order valence-electron chi connectivity index (χ3n) is 2.21. The van der Waals surface area contributed by atoms with Crippen LogP contribution in [0.2, 0.25) is 0 Å². The highest BCUT2D eigenvalue weighted by molar-refractivity contribution is 5.79. The molecule has 0 spiro atoms. The van der Waals surface area contributed by atoms with Gasteiger partial charge in [0.1, 0.15) is 0 Å². The van der Waals surface area contributed by atoms with Crippen LogP contribution in [0.25, 0.3) is 6.08 Å². The summed E-state index contributed by atoms with van der Waals surface area (Å²) in [6, 6.07) is 6.20. The number of nitrogens with one attached hydrogen (secondary N) is 1. The fraction of sp³-hybridized carbons (Fsp3) is 0.182. The molecule has 1 N–H and O–H groups in total. The largest absolute Gasteiger partial charge is 0.308 e. The van der Waals surface area contributed by atoms with Gasteiger partial charge in [0.15, 0.2) is 0 Å². The molecule has 1 aliphatic carbocycles. The first-order valence-corrected chi connectivity index (χ1v) is 4.20. The summed E-state index contributed by atoms with van der Waals surface area (Å²) in [5.41, 5.74) is 3.67. The second-order valence-corrected chi connectivity index (χ2v) is 3.04. The molecule has 0 heterocycles. The van der Waals surface area contributed by atoms with E-state index in [0.29, 0.717) is 0 Å². The van der Waals surface area contributed by atoms with Crippen molar-refractivity contribution in [1.82, 2.24) is 0 Å². The molecule has 1 aromatic carbocycles. The van der Waals surface area contributed by atoms with Crippen LogP contribution in [-0.2, 0) is 6.42 Å². The van der Waals surface area contributed by atoms with E-state index in [1.165, 1.54) is 17.3 Å². The van der Waals surface area contributed by atoms with Crippen molar-refractivity contribution in [3.8, 4) is 0 Å². The Labute approximate surface area is 72.2 Å². The minimum Gasteiger partial charge on any atom is -0.308 e. The minimum atomic E-state index is 0.986. The van der Waals surface area contributed by atoms with Crippen LogP contribution in [0.3, 0.4) is 0 Å². The maximum atomic E-state index is 7.11. The van der Waals surface area contributed by atoms with Crippen LogP contribution in [0, 0.1) is 5.41 Å². The molecule has 12 heavy (non-hydrogen) atoms. The molecule has 1 nitrogen and oxygen atoms in total. The SMILES string of the molecule is N=Cc1ccc2c(c1)C=CCC2. The predicted octanol–water partition coefficient (Wildman–Crippen LogP) is 2.64. The Bertz CT molecular complexity index is 337. The fourth-order valence-corrected chi connectivity index (χ4v) is 1.54. The van der Waals surface area contributed by atoms with E-state index in [-0.39, 0.29) is 0 Å². The lowest BCUT2D eigenvalue weighted by atomic mass is 9.96. The van der Waals surface area contributed by atoms with Crippen LogP contribution >= 0.6 is 0 Å². The first-order valence-electron chi connectivity index (χ1n) is 4.20. The Morgan fingerprint density at radius 3 is 3.08 bits per heavy atom. The first-order chi connectivity index (χ1) is 5.90. The number of benzene rings is 1. The number of hydrogen-bond acceptors (Lipinski definition) is 1. The molecule has 0 aliphatic heterocycles. The first kappa shape index (κ1) is 7.29. The quantitative estimate of drug-likeness (QED) is 0.606. The van der Waals surface area contributed by atoms with Crippen molar-refractivity contribution < 1.29 is 0 Å². The molecule has 1 aliphatic rings. The molecule has 2 rings (SSSR count). The lowest BCUT2D eigenvalue weighted by Crippen LogP contribution is -1.94. The average Bonchev–Trinajstić information content (AvgIpc) is 2.17. The summed E-state index contributed by atoms with van der Waals surface area (Å²) in [6.07, 6.45) is 8.02.